The van der Waals surface area contributed by atoms with E-state index in [1.807, 2.05) is 0 Å². The first kappa shape index (κ1) is 15.3. The zero-order valence-electron chi connectivity index (χ0n) is 14.3. The SMILES string of the molecule is CC(C)C1=CC2=CCC3[C@](C)(CO)CCC[C@@]3(C)C2CC1. The van der Waals surface area contributed by atoms with Crippen LogP contribution in [-0.2, 0) is 0 Å². The molecule has 0 aliphatic heterocycles. The fourth-order valence-corrected chi connectivity index (χ4v) is 5.66. The Kier molecular flexibility index (Phi) is 3.84. The van der Waals surface area contributed by atoms with Gasteiger partial charge in [0.2, 0.25) is 0 Å². The average Bonchev–Trinajstić information content (AvgIpc) is 2.46. The van der Waals surface area contributed by atoms with Gasteiger partial charge in [-0.2, -0.15) is 0 Å². The fraction of sp³-hybridized carbons (Fsp3) is 0.800. The number of hydrogen-bond acceptors (Lipinski definition) is 1. The minimum atomic E-state index is 0.136. The van der Waals surface area contributed by atoms with Crippen molar-refractivity contribution in [3.05, 3.63) is 23.3 Å². The molecule has 0 saturated heterocycles. The Morgan fingerprint density at radius 1 is 1.29 bits per heavy atom. The van der Waals surface area contributed by atoms with Crippen LogP contribution in [0.1, 0.15) is 66.2 Å². The highest BCUT2D eigenvalue weighted by molar-refractivity contribution is 5.35. The van der Waals surface area contributed by atoms with E-state index in [0.29, 0.717) is 23.9 Å². The maximum absolute atomic E-state index is 9.98. The van der Waals surface area contributed by atoms with Gasteiger partial charge in [0.05, 0.1) is 0 Å². The molecule has 1 fully saturated rings. The summed E-state index contributed by atoms with van der Waals surface area (Å²) in [6.07, 6.45) is 12.6. The molecular formula is C20H32O. The summed E-state index contributed by atoms with van der Waals surface area (Å²) in [6, 6.07) is 0. The van der Waals surface area contributed by atoms with Crippen LogP contribution in [0.3, 0.4) is 0 Å². The second kappa shape index (κ2) is 5.26. The smallest absolute Gasteiger partial charge is 0.0487 e. The van der Waals surface area contributed by atoms with Gasteiger partial charge in [0.25, 0.3) is 0 Å². The van der Waals surface area contributed by atoms with Gasteiger partial charge in [-0.05, 0) is 66.3 Å². The van der Waals surface area contributed by atoms with Gasteiger partial charge in [0, 0.05) is 6.61 Å². The van der Waals surface area contributed by atoms with Crippen molar-refractivity contribution in [2.45, 2.75) is 66.2 Å². The van der Waals surface area contributed by atoms with Crippen LogP contribution in [0.4, 0.5) is 0 Å². The molecule has 1 nitrogen and oxygen atoms in total. The number of aliphatic hydroxyl groups excluding tert-OH is 1. The third-order valence-electron chi connectivity index (χ3n) is 7.06. The Hall–Kier alpha value is -0.560. The molecule has 0 aromatic rings. The molecule has 0 bridgehead atoms. The van der Waals surface area contributed by atoms with Crippen LogP contribution < -0.4 is 0 Å². The van der Waals surface area contributed by atoms with Gasteiger partial charge in [0.15, 0.2) is 0 Å². The first-order valence-corrected chi connectivity index (χ1v) is 8.92. The molecule has 21 heavy (non-hydrogen) atoms. The Morgan fingerprint density at radius 2 is 2.05 bits per heavy atom. The second-order valence-corrected chi connectivity index (χ2v) is 8.63. The maximum atomic E-state index is 9.98. The molecule has 0 amide bonds. The molecule has 3 aliphatic carbocycles. The van der Waals surface area contributed by atoms with E-state index < -0.39 is 0 Å². The van der Waals surface area contributed by atoms with Crippen LogP contribution in [-0.4, -0.2) is 11.7 Å². The van der Waals surface area contributed by atoms with Crippen LogP contribution in [0.5, 0.6) is 0 Å². The average molecular weight is 288 g/mol. The molecule has 0 heterocycles. The molecule has 118 valence electrons. The second-order valence-electron chi connectivity index (χ2n) is 8.63. The lowest BCUT2D eigenvalue weighted by Crippen LogP contribution is -2.51. The van der Waals surface area contributed by atoms with E-state index in [9.17, 15) is 5.11 Å². The van der Waals surface area contributed by atoms with Crippen molar-refractivity contribution in [3.63, 3.8) is 0 Å². The van der Waals surface area contributed by atoms with E-state index in [4.69, 9.17) is 0 Å². The van der Waals surface area contributed by atoms with E-state index in [2.05, 4.69) is 39.8 Å². The number of rotatable bonds is 2. The van der Waals surface area contributed by atoms with Gasteiger partial charge in [0.1, 0.15) is 0 Å². The van der Waals surface area contributed by atoms with Crippen molar-refractivity contribution < 1.29 is 5.11 Å². The van der Waals surface area contributed by atoms with Crippen molar-refractivity contribution in [1.29, 1.82) is 0 Å². The first-order valence-electron chi connectivity index (χ1n) is 8.92. The number of allylic oxidation sites excluding steroid dienone is 4. The highest BCUT2D eigenvalue weighted by Crippen LogP contribution is 2.61. The normalized spacial score (nSPS) is 43.0. The van der Waals surface area contributed by atoms with Crippen LogP contribution >= 0.6 is 0 Å². The molecule has 1 N–H and O–H groups in total. The summed E-state index contributed by atoms with van der Waals surface area (Å²) in [5.41, 5.74) is 3.79. The summed E-state index contributed by atoms with van der Waals surface area (Å²) in [5.74, 6) is 2.07. The highest BCUT2D eigenvalue weighted by Gasteiger charge is 2.53. The molecular weight excluding hydrogens is 256 g/mol. The summed E-state index contributed by atoms with van der Waals surface area (Å²) in [7, 11) is 0. The minimum Gasteiger partial charge on any atom is -0.396 e. The highest BCUT2D eigenvalue weighted by atomic mass is 16.3. The van der Waals surface area contributed by atoms with E-state index in [1.165, 1.54) is 38.5 Å². The van der Waals surface area contributed by atoms with E-state index >= 15 is 0 Å². The monoisotopic (exact) mass is 288 g/mol. The largest absolute Gasteiger partial charge is 0.396 e. The van der Waals surface area contributed by atoms with Crippen LogP contribution in [0.15, 0.2) is 23.3 Å². The summed E-state index contributed by atoms with van der Waals surface area (Å²) < 4.78 is 0. The minimum absolute atomic E-state index is 0.136. The Bertz CT molecular complexity index is 472. The van der Waals surface area contributed by atoms with Crippen molar-refractivity contribution in [2.75, 3.05) is 6.61 Å². The van der Waals surface area contributed by atoms with Crippen molar-refractivity contribution in [2.24, 2.45) is 28.6 Å². The number of hydrogen-bond donors (Lipinski definition) is 1. The third kappa shape index (κ3) is 2.32. The zero-order valence-corrected chi connectivity index (χ0v) is 14.3. The van der Waals surface area contributed by atoms with E-state index in [0.717, 1.165) is 5.92 Å². The fourth-order valence-electron chi connectivity index (χ4n) is 5.66. The van der Waals surface area contributed by atoms with Crippen molar-refractivity contribution in [3.8, 4) is 0 Å². The lowest BCUT2D eigenvalue weighted by atomic mass is 9.47. The Balaban J connectivity index is 1.97. The number of fused-ring (bicyclic) bond motifs is 3. The summed E-state index contributed by atoms with van der Waals surface area (Å²) in [4.78, 5) is 0. The van der Waals surface area contributed by atoms with E-state index in [1.54, 1.807) is 11.1 Å². The molecule has 3 rings (SSSR count). The van der Waals surface area contributed by atoms with Crippen molar-refractivity contribution >= 4 is 0 Å². The van der Waals surface area contributed by atoms with Gasteiger partial charge in [-0.15, -0.1) is 0 Å². The molecule has 0 radical (unpaired) electrons. The molecule has 0 aromatic heterocycles. The summed E-state index contributed by atoms with van der Waals surface area (Å²) in [5, 5.41) is 9.98. The van der Waals surface area contributed by atoms with Crippen molar-refractivity contribution in [1.82, 2.24) is 0 Å². The molecule has 3 aliphatic rings. The van der Waals surface area contributed by atoms with E-state index in [-0.39, 0.29) is 5.41 Å². The van der Waals surface area contributed by atoms with Gasteiger partial charge < -0.3 is 5.11 Å². The molecule has 4 atom stereocenters. The van der Waals surface area contributed by atoms with Crippen LogP contribution in [0.25, 0.3) is 0 Å². The lowest BCUT2D eigenvalue weighted by Gasteiger charge is -2.58. The first-order chi connectivity index (χ1) is 9.90. The van der Waals surface area contributed by atoms with Gasteiger partial charge in [-0.25, -0.2) is 0 Å². The van der Waals surface area contributed by atoms with Gasteiger partial charge in [-0.3, -0.25) is 0 Å². The topological polar surface area (TPSA) is 20.2 Å². The molecule has 0 spiro atoms. The predicted molar refractivity (Wildman–Crippen MR) is 89.0 cm³/mol. The van der Waals surface area contributed by atoms with Crippen LogP contribution in [0.2, 0.25) is 0 Å². The summed E-state index contributed by atoms with van der Waals surface area (Å²) >= 11 is 0. The maximum Gasteiger partial charge on any atom is 0.0487 e. The van der Waals surface area contributed by atoms with Crippen LogP contribution in [0, 0.1) is 28.6 Å². The Morgan fingerprint density at radius 3 is 2.71 bits per heavy atom. The summed E-state index contributed by atoms with van der Waals surface area (Å²) in [6.45, 7) is 9.85. The predicted octanol–water partition coefficient (Wildman–Crippen LogP) is 5.11. The zero-order chi connectivity index (χ0) is 15.3. The standard InChI is InChI=1S/C20H32O/c1-14(2)15-6-8-17-16(12-15)7-9-18-19(3,13-21)10-5-11-20(17,18)4/h7,12,14,17-18,21H,5-6,8-11,13H2,1-4H3/t17?,18?,19-,20-/m0/s1. The lowest BCUT2D eigenvalue weighted by molar-refractivity contribution is -0.0737. The quantitative estimate of drug-likeness (QED) is 0.748. The molecule has 2 unspecified atom stereocenters. The van der Waals surface area contributed by atoms with Gasteiger partial charge in [-0.1, -0.05) is 51.8 Å². The molecule has 1 heteroatoms. The third-order valence-corrected chi connectivity index (χ3v) is 7.06. The van der Waals surface area contributed by atoms with Gasteiger partial charge >= 0.3 is 0 Å². The molecule has 1 saturated carbocycles. The molecule has 0 aromatic carbocycles. The Labute approximate surface area is 130 Å². The number of aliphatic hydroxyl groups is 1.